The first kappa shape index (κ1) is 28.2. The first-order chi connectivity index (χ1) is 16.7. The Kier molecular flexibility index (Phi) is 14.4. The Hall–Kier alpha value is -2.03. The summed E-state index contributed by atoms with van der Waals surface area (Å²) in [4.78, 5) is 12.4. The van der Waals surface area contributed by atoms with Crippen LogP contribution < -0.4 is 4.74 Å². The number of esters is 1. The first-order valence-electron chi connectivity index (χ1n) is 13.9. The van der Waals surface area contributed by atoms with Gasteiger partial charge < -0.3 is 9.47 Å². The van der Waals surface area contributed by atoms with E-state index in [4.69, 9.17) is 9.47 Å². The van der Waals surface area contributed by atoms with E-state index in [-0.39, 0.29) is 5.97 Å². The molecule has 0 N–H and O–H groups in total. The second kappa shape index (κ2) is 17.4. The van der Waals surface area contributed by atoms with Crippen LogP contribution in [0.3, 0.4) is 0 Å². The summed E-state index contributed by atoms with van der Waals surface area (Å²) in [5.41, 5.74) is 0.533. The van der Waals surface area contributed by atoms with E-state index in [1.165, 1.54) is 97.0 Å². The number of hydrogen-bond donors (Lipinski definition) is 0. The highest BCUT2D eigenvalue weighted by atomic mass is 16.5. The maximum absolute atomic E-state index is 12.4. The summed E-state index contributed by atoms with van der Waals surface area (Å²) >= 11 is 0. The molecule has 1 atom stereocenters. The fourth-order valence-corrected chi connectivity index (χ4v) is 4.76. The molecule has 0 aromatic heterocycles. The van der Waals surface area contributed by atoms with Crippen molar-refractivity contribution < 1.29 is 14.3 Å². The number of fused-ring (bicyclic) bond motifs is 1. The van der Waals surface area contributed by atoms with E-state index in [0.29, 0.717) is 17.9 Å². The number of benzene rings is 2. The van der Waals surface area contributed by atoms with Crippen LogP contribution in [0.4, 0.5) is 0 Å². The zero-order chi connectivity index (χ0) is 24.4. The Morgan fingerprint density at radius 2 is 1.35 bits per heavy atom. The van der Waals surface area contributed by atoms with Crippen LogP contribution in [0, 0.1) is 5.92 Å². The predicted molar refractivity (Wildman–Crippen MR) is 145 cm³/mol. The monoisotopic (exact) mass is 468 g/mol. The standard InChI is InChI=1S/C31H48O3/c1-4-5-6-7-8-9-10-11-14-19-26(2)20-15-12-13-18-25-34-29-24-23-27-21-16-17-22-28(27)30(29)31(32)33-3/h16-17,21-24,26H,4-15,18-20,25H2,1-3H3. The maximum atomic E-state index is 12.4. The third-order valence-corrected chi connectivity index (χ3v) is 6.93. The number of ether oxygens (including phenoxy) is 2. The van der Waals surface area contributed by atoms with Gasteiger partial charge in [0.05, 0.1) is 13.7 Å². The summed E-state index contributed by atoms with van der Waals surface area (Å²) in [6.45, 7) is 5.34. The van der Waals surface area contributed by atoms with E-state index in [2.05, 4.69) is 13.8 Å². The van der Waals surface area contributed by atoms with Gasteiger partial charge in [0.25, 0.3) is 0 Å². The van der Waals surface area contributed by atoms with Crippen molar-refractivity contribution in [2.24, 2.45) is 5.92 Å². The van der Waals surface area contributed by atoms with Crippen LogP contribution in [0.2, 0.25) is 0 Å². The summed E-state index contributed by atoms with van der Waals surface area (Å²) in [5, 5.41) is 1.90. The summed E-state index contributed by atoms with van der Waals surface area (Å²) in [5.74, 6) is 1.13. The second-order valence-electron chi connectivity index (χ2n) is 9.93. The molecule has 2 rings (SSSR count). The van der Waals surface area contributed by atoms with Crippen molar-refractivity contribution in [2.75, 3.05) is 13.7 Å². The Labute approximate surface area is 208 Å². The van der Waals surface area contributed by atoms with Crippen molar-refractivity contribution in [1.82, 2.24) is 0 Å². The largest absolute Gasteiger partial charge is 0.493 e. The smallest absolute Gasteiger partial charge is 0.342 e. The molecule has 0 saturated heterocycles. The number of carbonyl (C=O) groups excluding carboxylic acids is 1. The van der Waals surface area contributed by atoms with E-state index in [9.17, 15) is 4.79 Å². The van der Waals surface area contributed by atoms with Gasteiger partial charge in [-0.05, 0) is 29.2 Å². The van der Waals surface area contributed by atoms with E-state index in [1.807, 2.05) is 36.4 Å². The number of rotatable bonds is 19. The van der Waals surface area contributed by atoms with Crippen LogP contribution in [0.25, 0.3) is 10.8 Å². The lowest BCUT2D eigenvalue weighted by molar-refractivity contribution is 0.0598. The van der Waals surface area contributed by atoms with E-state index >= 15 is 0 Å². The third kappa shape index (κ3) is 10.5. The Bertz CT molecular complexity index is 813. The Morgan fingerprint density at radius 1 is 0.765 bits per heavy atom. The molecule has 0 radical (unpaired) electrons. The van der Waals surface area contributed by atoms with Crippen LogP contribution in [0.15, 0.2) is 36.4 Å². The Balaban J connectivity index is 1.54. The van der Waals surface area contributed by atoms with Gasteiger partial charge in [-0.3, -0.25) is 0 Å². The van der Waals surface area contributed by atoms with Crippen molar-refractivity contribution in [3.05, 3.63) is 42.0 Å². The zero-order valence-corrected chi connectivity index (χ0v) is 22.1. The van der Waals surface area contributed by atoms with Gasteiger partial charge in [-0.25, -0.2) is 4.79 Å². The van der Waals surface area contributed by atoms with Gasteiger partial charge in [0, 0.05) is 0 Å². The van der Waals surface area contributed by atoms with Gasteiger partial charge >= 0.3 is 5.97 Å². The van der Waals surface area contributed by atoms with Gasteiger partial charge in [-0.15, -0.1) is 0 Å². The highest BCUT2D eigenvalue weighted by Gasteiger charge is 2.17. The average molecular weight is 469 g/mol. The summed E-state index contributed by atoms with van der Waals surface area (Å²) < 4.78 is 11.0. The maximum Gasteiger partial charge on any atom is 0.342 e. The summed E-state index contributed by atoms with van der Waals surface area (Å²) in [6, 6.07) is 11.8. The molecule has 0 bridgehead atoms. The zero-order valence-electron chi connectivity index (χ0n) is 22.1. The lowest BCUT2D eigenvalue weighted by Crippen LogP contribution is -2.07. The topological polar surface area (TPSA) is 35.5 Å². The van der Waals surface area contributed by atoms with E-state index in [1.54, 1.807) is 0 Å². The molecule has 0 amide bonds. The first-order valence-corrected chi connectivity index (χ1v) is 13.9. The molecule has 0 fully saturated rings. The van der Waals surface area contributed by atoms with Crippen molar-refractivity contribution in [1.29, 1.82) is 0 Å². The van der Waals surface area contributed by atoms with Crippen LogP contribution in [0.5, 0.6) is 5.75 Å². The molecule has 0 aliphatic rings. The third-order valence-electron chi connectivity index (χ3n) is 6.93. The van der Waals surface area contributed by atoms with E-state index in [0.717, 1.165) is 23.1 Å². The molecule has 190 valence electrons. The normalized spacial score (nSPS) is 12.1. The van der Waals surface area contributed by atoms with Gasteiger partial charge in [0.15, 0.2) is 0 Å². The van der Waals surface area contributed by atoms with Gasteiger partial charge in [-0.1, -0.05) is 134 Å². The van der Waals surface area contributed by atoms with Crippen LogP contribution in [0.1, 0.15) is 121 Å². The summed E-state index contributed by atoms with van der Waals surface area (Å²) in [6.07, 6.45) is 20.2. The second-order valence-corrected chi connectivity index (χ2v) is 9.93. The SMILES string of the molecule is CCCCCCCCCCCC(C)CCCCCCOc1ccc2ccccc2c1C(=O)OC. The number of carbonyl (C=O) groups is 1. The van der Waals surface area contributed by atoms with Crippen molar-refractivity contribution in [3.8, 4) is 5.75 Å². The van der Waals surface area contributed by atoms with Crippen LogP contribution >= 0.6 is 0 Å². The minimum atomic E-state index is -0.340. The highest BCUT2D eigenvalue weighted by molar-refractivity contribution is 6.07. The van der Waals surface area contributed by atoms with Crippen LogP contribution in [-0.2, 0) is 4.74 Å². The fraction of sp³-hybridized carbons (Fsp3) is 0.645. The lowest BCUT2D eigenvalue weighted by atomic mass is 9.96. The van der Waals surface area contributed by atoms with Gasteiger partial charge in [-0.2, -0.15) is 0 Å². The minimum Gasteiger partial charge on any atom is -0.493 e. The number of unbranched alkanes of at least 4 members (excludes halogenated alkanes) is 11. The van der Waals surface area contributed by atoms with Crippen molar-refractivity contribution in [3.63, 3.8) is 0 Å². The molecular formula is C31H48O3. The molecule has 0 saturated carbocycles. The van der Waals surface area contributed by atoms with E-state index < -0.39 is 0 Å². The molecule has 0 aliphatic heterocycles. The lowest BCUT2D eigenvalue weighted by Gasteiger charge is -2.13. The molecule has 3 heteroatoms. The van der Waals surface area contributed by atoms with Crippen molar-refractivity contribution >= 4 is 16.7 Å². The molecule has 0 aliphatic carbocycles. The number of hydrogen-bond acceptors (Lipinski definition) is 3. The molecule has 0 spiro atoms. The molecule has 2 aromatic rings. The molecule has 1 unspecified atom stereocenters. The molecular weight excluding hydrogens is 420 g/mol. The molecule has 34 heavy (non-hydrogen) atoms. The molecule has 2 aromatic carbocycles. The fourth-order valence-electron chi connectivity index (χ4n) is 4.76. The van der Waals surface area contributed by atoms with Crippen LogP contribution in [-0.4, -0.2) is 19.7 Å². The molecule has 0 heterocycles. The number of methoxy groups -OCH3 is 1. The quantitative estimate of drug-likeness (QED) is 0.152. The highest BCUT2D eigenvalue weighted by Crippen LogP contribution is 2.29. The summed E-state index contributed by atoms with van der Waals surface area (Å²) in [7, 11) is 1.42. The average Bonchev–Trinajstić information content (AvgIpc) is 2.86. The molecule has 3 nitrogen and oxygen atoms in total. The minimum absolute atomic E-state index is 0.340. The van der Waals surface area contributed by atoms with Gasteiger partial charge in [0.2, 0.25) is 0 Å². The predicted octanol–water partition coefficient (Wildman–Crippen LogP) is 9.51. The van der Waals surface area contributed by atoms with Gasteiger partial charge in [0.1, 0.15) is 11.3 Å². The van der Waals surface area contributed by atoms with Crippen molar-refractivity contribution in [2.45, 2.75) is 110 Å². The Morgan fingerprint density at radius 3 is 2.00 bits per heavy atom.